The molecule has 8 heteroatoms. The minimum absolute atomic E-state index is 0.139. The summed E-state index contributed by atoms with van der Waals surface area (Å²) >= 11 is 1.41. The van der Waals surface area contributed by atoms with Crippen molar-refractivity contribution in [2.75, 3.05) is 5.32 Å². The lowest BCUT2D eigenvalue weighted by atomic mass is 10.4. The van der Waals surface area contributed by atoms with E-state index in [0.717, 1.165) is 23.2 Å². The van der Waals surface area contributed by atoms with Crippen LogP contribution in [-0.4, -0.2) is 31.1 Å². The van der Waals surface area contributed by atoms with Crippen molar-refractivity contribution in [3.63, 3.8) is 0 Å². The van der Waals surface area contributed by atoms with Crippen LogP contribution in [0.4, 0.5) is 5.88 Å². The van der Waals surface area contributed by atoms with Crippen LogP contribution in [0.5, 0.6) is 0 Å². The maximum atomic E-state index is 12.2. The van der Waals surface area contributed by atoms with Crippen LogP contribution in [0.2, 0.25) is 0 Å². The Bertz CT molecular complexity index is 677. The van der Waals surface area contributed by atoms with Gasteiger partial charge in [-0.1, -0.05) is 16.9 Å². The molecule has 1 fully saturated rings. The van der Waals surface area contributed by atoms with Crippen molar-refractivity contribution in [3.05, 3.63) is 17.6 Å². The molecular formula is C14H19N5O2S. The molecule has 1 saturated carbocycles. The first kappa shape index (κ1) is 15.1. The van der Waals surface area contributed by atoms with Crippen LogP contribution in [0.15, 0.2) is 15.7 Å². The fourth-order valence-corrected chi connectivity index (χ4v) is 3.11. The molecule has 2 aromatic heterocycles. The number of thioether (sulfide) groups is 1. The Morgan fingerprint density at radius 1 is 1.55 bits per heavy atom. The van der Waals surface area contributed by atoms with E-state index in [1.165, 1.54) is 24.6 Å². The number of amides is 1. The molecule has 1 aliphatic rings. The third-order valence-corrected chi connectivity index (χ3v) is 4.61. The molecule has 2 heterocycles. The summed E-state index contributed by atoms with van der Waals surface area (Å²) < 4.78 is 7.10. The normalized spacial score (nSPS) is 15.8. The van der Waals surface area contributed by atoms with Crippen LogP contribution in [0.1, 0.15) is 44.1 Å². The monoisotopic (exact) mass is 321 g/mol. The highest BCUT2D eigenvalue weighted by molar-refractivity contribution is 8.00. The molecule has 1 N–H and O–H groups in total. The van der Waals surface area contributed by atoms with Gasteiger partial charge < -0.3 is 9.09 Å². The van der Waals surface area contributed by atoms with E-state index < -0.39 is 0 Å². The van der Waals surface area contributed by atoms with Gasteiger partial charge in [0.15, 0.2) is 5.16 Å². The van der Waals surface area contributed by atoms with Crippen molar-refractivity contribution >= 4 is 23.6 Å². The van der Waals surface area contributed by atoms with Gasteiger partial charge >= 0.3 is 0 Å². The van der Waals surface area contributed by atoms with E-state index in [4.69, 9.17) is 4.52 Å². The molecule has 0 aliphatic heterocycles. The molecule has 0 bridgehead atoms. The van der Waals surface area contributed by atoms with Crippen LogP contribution < -0.4 is 5.32 Å². The largest absolute Gasteiger partial charge is 0.338 e. The Kier molecular flexibility index (Phi) is 4.19. The predicted molar refractivity (Wildman–Crippen MR) is 82.9 cm³/mol. The fourth-order valence-electron chi connectivity index (χ4n) is 2.19. The van der Waals surface area contributed by atoms with Crippen molar-refractivity contribution in [1.82, 2.24) is 19.9 Å². The lowest BCUT2D eigenvalue weighted by molar-refractivity contribution is -0.115. The summed E-state index contributed by atoms with van der Waals surface area (Å²) in [5.74, 6) is 1.82. The number of carbonyl (C=O) groups excluding carboxylic acids is 1. The number of aromatic nitrogens is 4. The standard InChI is InChI=1S/C14H19N5O2S/c1-4-19-12(10-5-6-10)16-17-14(19)22-9(3)13(20)15-11-7-8(2)18-21-11/h7,9-10H,4-6H2,1-3H3,(H,15,20). The van der Waals surface area contributed by atoms with Crippen LogP contribution in [-0.2, 0) is 11.3 Å². The molecule has 1 atom stereocenters. The summed E-state index contributed by atoms with van der Waals surface area (Å²) in [6.45, 7) is 6.54. The molecule has 22 heavy (non-hydrogen) atoms. The first-order valence-corrected chi connectivity index (χ1v) is 8.30. The third kappa shape index (κ3) is 3.16. The van der Waals surface area contributed by atoms with Crippen LogP contribution in [0.3, 0.4) is 0 Å². The summed E-state index contributed by atoms with van der Waals surface area (Å²) in [5.41, 5.74) is 0.732. The zero-order valence-corrected chi connectivity index (χ0v) is 13.7. The highest BCUT2D eigenvalue weighted by Crippen LogP contribution is 2.40. The van der Waals surface area contributed by atoms with Crippen LogP contribution in [0, 0.1) is 6.92 Å². The number of anilines is 1. The average Bonchev–Trinajstić information content (AvgIpc) is 3.14. The molecule has 7 nitrogen and oxygen atoms in total. The quantitative estimate of drug-likeness (QED) is 0.823. The van der Waals surface area contributed by atoms with Crippen molar-refractivity contribution in [3.8, 4) is 0 Å². The van der Waals surface area contributed by atoms with Crippen molar-refractivity contribution in [1.29, 1.82) is 0 Å². The van der Waals surface area contributed by atoms with Crippen LogP contribution >= 0.6 is 11.8 Å². The third-order valence-electron chi connectivity index (χ3n) is 3.53. The number of rotatable bonds is 6. The Hall–Kier alpha value is -1.83. The average molecular weight is 321 g/mol. The molecule has 1 amide bonds. The Labute approximate surface area is 132 Å². The van der Waals surface area contributed by atoms with Gasteiger partial charge in [-0.15, -0.1) is 10.2 Å². The van der Waals surface area contributed by atoms with Gasteiger partial charge in [-0.05, 0) is 33.6 Å². The lowest BCUT2D eigenvalue weighted by Crippen LogP contribution is -2.22. The van der Waals surface area contributed by atoms with Gasteiger partial charge in [0.1, 0.15) is 5.82 Å². The zero-order chi connectivity index (χ0) is 15.7. The number of nitrogens with zero attached hydrogens (tertiary/aromatic N) is 4. The van der Waals surface area contributed by atoms with Crippen molar-refractivity contribution in [2.24, 2.45) is 0 Å². The van der Waals surface area contributed by atoms with Gasteiger partial charge in [0.25, 0.3) is 0 Å². The molecule has 0 saturated heterocycles. The minimum atomic E-state index is -0.299. The van der Waals surface area contributed by atoms with Gasteiger partial charge in [0.05, 0.1) is 10.9 Å². The lowest BCUT2D eigenvalue weighted by Gasteiger charge is -2.11. The zero-order valence-electron chi connectivity index (χ0n) is 12.9. The molecule has 2 aromatic rings. The fraction of sp³-hybridized carbons (Fsp3) is 0.571. The van der Waals surface area contributed by atoms with E-state index in [9.17, 15) is 4.79 Å². The molecule has 0 aromatic carbocycles. The van der Waals surface area contributed by atoms with E-state index in [2.05, 4.69) is 32.2 Å². The first-order valence-electron chi connectivity index (χ1n) is 7.42. The minimum Gasteiger partial charge on any atom is -0.338 e. The molecule has 0 radical (unpaired) electrons. The Morgan fingerprint density at radius 3 is 2.91 bits per heavy atom. The predicted octanol–water partition coefficient (Wildman–Crippen LogP) is 2.59. The molecule has 3 rings (SSSR count). The van der Waals surface area contributed by atoms with E-state index in [1.54, 1.807) is 13.0 Å². The molecule has 0 spiro atoms. The molecule has 118 valence electrons. The van der Waals surface area contributed by atoms with Crippen LogP contribution in [0.25, 0.3) is 0 Å². The molecular weight excluding hydrogens is 302 g/mol. The number of carbonyl (C=O) groups is 1. The van der Waals surface area contributed by atoms with E-state index >= 15 is 0 Å². The maximum Gasteiger partial charge on any atom is 0.240 e. The molecule has 1 aliphatic carbocycles. The maximum absolute atomic E-state index is 12.2. The first-order chi connectivity index (χ1) is 10.6. The molecule has 1 unspecified atom stereocenters. The Balaban J connectivity index is 1.65. The summed E-state index contributed by atoms with van der Waals surface area (Å²) in [6, 6.07) is 1.69. The topological polar surface area (TPSA) is 85.8 Å². The van der Waals surface area contributed by atoms with Gasteiger partial charge in [0, 0.05) is 18.5 Å². The van der Waals surface area contributed by atoms with E-state index in [-0.39, 0.29) is 11.2 Å². The van der Waals surface area contributed by atoms with Crippen molar-refractivity contribution in [2.45, 2.75) is 56.5 Å². The SMILES string of the molecule is CCn1c(SC(C)C(=O)Nc2cc(C)no2)nnc1C1CC1. The second kappa shape index (κ2) is 6.12. The van der Waals surface area contributed by atoms with E-state index in [0.29, 0.717) is 11.8 Å². The second-order valence-corrected chi connectivity index (χ2v) is 6.75. The van der Waals surface area contributed by atoms with Gasteiger partial charge in [0.2, 0.25) is 11.8 Å². The van der Waals surface area contributed by atoms with Gasteiger partial charge in [-0.25, -0.2) is 0 Å². The van der Waals surface area contributed by atoms with Gasteiger partial charge in [-0.2, -0.15) is 0 Å². The summed E-state index contributed by atoms with van der Waals surface area (Å²) in [5, 5.41) is 15.5. The van der Waals surface area contributed by atoms with E-state index in [1.807, 2.05) is 6.92 Å². The van der Waals surface area contributed by atoms with Crippen molar-refractivity contribution < 1.29 is 9.32 Å². The van der Waals surface area contributed by atoms with Gasteiger partial charge in [-0.3, -0.25) is 10.1 Å². The smallest absolute Gasteiger partial charge is 0.240 e. The summed E-state index contributed by atoms with van der Waals surface area (Å²) in [6.07, 6.45) is 2.37. The highest BCUT2D eigenvalue weighted by Gasteiger charge is 2.30. The Morgan fingerprint density at radius 2 is 2.32 bits per heavy atom. The number of hydrogen-bond donors (Lipinski definition) is 1. The summed E-state index contributed by atoms with van der Waals surface area (Å²) in [4.78, 5) is 12.2. The summed E-state index contributed by atoms with van der Waals surface area (Å²) in [7, 11) is 0. The highest BCUT2D eigenvalue weighted by atomic mass is 32.2. The number of hydrogen-bond acceptors (Lipinski definition) is 6. The second-order valence-electron chi connectivity index (χ2n) is 5.44. The number of aryl methyl sites for hydroxylation is 1. The number of nitrogens with one attached hydrogen (secondary N) is 1.